The summed E-state index contributed by atoms with van der Waals surface area (Å²) in [6.07, 6.45) is 3.26. The molecule has 0 radical (unpaired) electrons. The minimum atomic E-state index is 0.00644. The highest BCUT2D eigenvalue weighted by atomic mass is 79.9. The first-order valence-electron chi connectivity index (χ1n) is 8.27. The Balaban J connectivity index is 1.42. The summed E-state index contributed by atoms with van der Waals surface area (Å²) in [5.74, 6) is 1.88. The zero-order valence-electron chi connectivity index (χ0n) is 14.7. The lowest BCUT2D eigenvalue weighted by molar-refractivity contribution is -0.127. The number of hydrogen-bond donors (Lipinski definition) is 0. The number of carbonyl (C=O) groups excluding carboxylic acids is 1. The van der Waals surface area contributed by atoms with Crippen LogP contribution in [-0.4, -0.2) is 51.5 Å². The van der Waals surface area contributed by atoms with Crippen LogP contribution >= 0.6 is 27.7 Å². The molecule has 0 saturated heterocycles. The molecular formula is C18H19BrN4O3S. The van der Waals surface area contributed by atoms with Crippen molar-refractivity contribution < 1.29 is 13.9 Å². The van der Waals surface area contributed by atoms with E-state index in [9.17, 15) is 4.79 Å². The van der Waals surface area contributed by atoms with Crippen molar-refractivity contribution >= 4 is 33.6 Å². The van der Waals surface area contributed by atoms with Crippen LogP contribution in [0.3, 0.4) is 0 Å². The number of furan rings is 1. The molecule has 0 aliphatic rings. The van der Waals surface area contributed by atoms with Crippen molar-refractivity contribution in [3.05, 3.63) is 59.2 Å². The Morgan fingerprint density at radius 1 is 1.33 bits per heavy atom. The Hall–Kier alpha value is -2.26. The van der Waals surface area contributed by atoms with E-state index in [4.69, 9.17) is 9.15 Å². The average Bonchev–Trinajstić information content (AvgIpc) is 3.33. The number of halogens is 1. The van der Waals surface area contributed by atoms with Gasteiger partial charge in [-0.05, 0) is 36.4 Å². The van der Waals surface area contributed by atoms with E-state index in [1.165, 1.54) is 11.8 Å². The molecule has 0 N–H and O–H groups in total. The third kappa shape index (κ3) is 5.86. The first-order valence-corrected chi connectivity index (χ1v) is 10.0. The summed E-state index contributed by atoms with van der Waals surface area (Å²) >= 11 is 4.74. The Bertz CT molecular complexity index is 852. The van der Waals surface area contributed by atoms with E-state index >= 15 is 0 Å². The molecule has 0 atom stereocenters. The van der Waals surface area contributed by atoms with Crippen LogP contribution in [0, 0.1) is 0 Å². The van der Waals surface area contributed by atoms with Crippen LogP contribution in [0.1, 0.15) is 5.76 Å². The van der Waals surface area contributed by atoms with Gasteiger partial charge in [-0.3, -0.25) is 4.79 Å². The minimum absolute atomic E-state index is 0.00644. The van der Waals surface area contributed by atoms with Gasteiger partial charge in [-0.25, -0.2) is 0 Å². The number of hydrogen-bond acceptors (Lipinski definition) is 6. The molecule has 0 bridgehead atoms. The molecule has 0 fully saturated rings. The maximum absolute atomic E-state index is 12.3. The van der Waals surface area contributed by atoms with Crippen molar-refractivity contribution in [1.82, 2.24) is 19.7 Å². The van der Waals surface area contributed by atoms with Crippen molar-refractivity contribution in [2.75, 3.05) is 26.0 Å². The molecule has 0 aliphatic heterocycles. The predicted octanol–water partition coefficient (Wildman–Crippen LogP) is 3.31. The monoisotopic (exact) mass is 450 g/mol. The van der Waals surface area contributed by atoms with Gasteiger partial charge in [-0.2, -0.15) is 0 Å². The second-order valence-corrected chi connectivity index (χ2v) is 7.59. The van der Waals surface area contributed by atoms with Gasteiger partial charge in [-0.1, -0.05) is 27.7 Å². The maximum Gasteiger partial charge on any atom is 0.232 e. The molecule has 0 aliphatic carbocycles. The lowest BCUT2D eigenvalue weighted by Gasteiger charge is -2.17. The zero-order chi connectivity index (χ0) is 19.1. The summed E-state index contributed by atoms with van der Waals surface area (Å²) in [5, 5.41) is 8.67. The Morgan fingerprint density at radius 3 is 2.89 bits per heavy atom. The second kappa shape index (κ2) is 9.61. The lowest BCUT2D eigenvalue weighted by Crippen LogP contribution is -2.32. The summed E-state index contributed by atoms with van der Waals surface area (Å²) in [6.45, 7) is 1.48. The van der Waals surface area contributed by atoms with Crippen LogP contribution < -0.4 is 4.74 Å². The number of thioether (sulfide) groups is 1. The van der Waals surface area contributed by atoms with Crippen molar-refractivity contribution in [2.24, 2.45) is 0 Å². The molecule has 7 nitrogen and oxygen atoms in total. The van der Waals surface area contributed by atoms with E-state index in [2.05, 4.69) is 26.1 Å². The first-order chi connectivity index (χ1) is 13.1. The Kier molecular flexibility index (Phi) is 6.94. The van der Waals surface area contributed by atoms with Gasteiger partial charge in [0.2, 0.25) is 5.91 Å². The fraction of sp³-hybridized carbons (Fsp3) is 0.278. The van der Waals surface area contributed by atoms with Crippen LogP contribution in [-0.2, 0) is 11.3 Å². The molecule has 2 heterocycles. The van der Waals surface area contributed by atoms with E-state index in [1.807, 2.05) is 41.0 Å². The van der Waals surface area contributed by atoms with Gasteiger partial charge in [0.1, 0.15) is 24.4 Å². The zero-order valence-corrected chi connectivity index (χ0v) is 17.1. The quantitative estimate of drug-likeness (QED) is 0.465. The molecule has 27 heavy (non-hydrogen) atoms. The topological polar surface area (TPSA) is 73.4 Å². The highest BCUT2D eigenvalue weighted by molar-refractivity contribution is 9.10. The van der Waals surface area contributed by atoms with Crippen molar-refractivity contribution in [3.63, 3.8) is 0 Å². The van der Waals surface area contributed by atoms with Crippen molar-refractivity contribution in [1.29, 1.82) is 0 Å². The summed E-state index contributed by atoms with van der Waals surface area (Å²) in [5.41, 5.74) is 0. The number of rotatable bonds is 9. The predicted molar refractivity (Wildman–Crippen MR) is 106 cm³/mol. The SMILES string of the molecule is CN(CCOc1ccc(Br)cc1)C(=O)CSc1nncn1Cc1ccco1. The summed E-state index contributed by atoms with van der Waals surface area (Å²) in [4.78, 5) is 14.0. The van der Waals surface area contributed by atoms with Gasteiger partial charge >= 0.3 is 0 Å². The third-order valence-electron chi connectivity index (χ3n) is 3.75. The fourth-order valence-corrected chi connectivity index (χ4v) is 3.35. The number of nitrogens with zero attached hydrogens (tertiary/aromatic N) is 4. The van der Waals surface area contributed by atoms with Crippen LogP contribution in [0.2, 0.25) is 0 Å². The van der Waals surface area contributed by atoms with Crippen molar-refractivity contribution in [2.45, 2.75) is 11.7 Å². The first kappa shape index (κ1) is 19.5. The van der Waals surface area contributed by atoms with Gasteiger partial charge in [0.25, 0.3) is 0 Å². The van der Waals surface area contributed by atoms with E-state index < -0.39 is 0 Å². The highest BCUT2D eigenvalue weighted by Gasteiger charge is 2.13. The van der Waals surface area contributed by atoms with Crippen molar-refractivity contribution in [3.8, 4) is 5.75 Å². The largest absolute Gasteiger partial charge is 0.492 e. The molecule has 1 aromatic carbocycles. The van der Waals surface area contributed by atoms with Crippen LogP contribution in [0.4, 0.5) is 0 Å². The van der Waals surface area contributed by atoms with Gasteiger partial charge in [-0.15, -0.1) is 10.2 Å². The van der Waals surface area contributed by atoms with Gasteiger partial charge in [0.15, 0.2) is 5.16 Å². The summed E-state index contributed by atoms with van der Waals surface area (Å²) in [6, 6.07) is 11.3. The normalized spacial score (nSPS) is 10.7. The standard InChI is InChI=1S/C18H19BrN4O3S/c1-22(8-10-26-15-6-4-14(19)5-7-15)17(24)12-27-18-21-20-13-23(18)11-16-3-2-9-25-16/h2-7,9,13H,8,10-12H2,1H3. The number of amides is 1. The van der Waals surface area contributed by atoms with Gasteiger partial charge in [0.05, 0.1) is 25.1 Å². The number of benzene rings is 1. The Morgan fingerprint density at radius 2 is 2.15 bits per heavy atom. The molecule has 142 valence electrons. The number of likely N-dealkylation sites (N-methyl/N-ethyl adjacent to an activating group) is 1. The molecule has 1 amide bonds. The molecule has 3 aromatic rings. The summed E-state index contributed by atoms with van der Waals surface area (Å²) in [7, 11) is 1.77. The minimum Gasteiger partial charge on any atom is -0.492 e. The van der Waals surface area contributed by atoms with Gasteiger partial charge < -0.3 is 18.6 Å². The van der Waals surface area contributed by atoms with E-state index in [1.54, 1.807) is 24.5 Å². The van der Waals surface area contributed by atoms with Crippen LogP contribution in [0.25, 0.3) is 0 Å². The Labute approximate surface area is 169 Å². The summed E-state index contributed by atoms with van der Waals surface area (Å²) < 4.78 is 13.8. The number of carbonyl (C=O) groups is 1. The highest BCUT2D eigenvalue weighted by Crippen LogP contribution is 2.18. The van der Waals surface area contributed by atoms with E-state index in [0.717, 1.165) is 16.0 Å². The molecule has 0 saturated carbocycles. The molecular weight excluding hydrogens is 432 g/mol. The number of ether oxygens (including phenoxy) is 1. The molecule has 2 aromatic heterocycles. The van der Waals surface area contributed by atoms with Gasteiger partial charge in [0, 0.05) is 11.5 Å². The lowest BCUT2D eigenvalue weighted by atomic mass is 10.3. The molecule has 0 unspecified atom stereocenters. The van der Waals surface area contributed by atoms with Crippen LogP contribution in [0.15, 0.2) is 63.0 Å². The van der Waals surface area contributed by atoms with Crippen LogP contribution in [0.5, 0.6) is 5.75 Å². The molecule has 3 rings (SSSR count). The molecule has 0 spiro atoms. The smallest absolute Gasteiger partial charge is 0.232 e. The van der Waals surface area contributed by atoms with E-state index in [-0.39, 0.29) is 11.7 Å². The van der Waals surface area contributed by atoms with E-state index in [0.29, 0.717) is 24.9 Å². The third-order valence-corrected chi connectivity index (χ3v) is 5.24. The average molecular weight is 451 g/mol. The second-order valence-electron chi connectivity index (χ2n) is 5.73. The fourth-order valence-electron chi connectivity index (χ4n) is 2.23. The molecule has 9 heteroatoms. The number of aromatic nitrogens is 3. The maximum atomic E-state index is 12.3.